The van der Waals surface area contributed by atoms with Crippen LogP contribution in [0.1, 0.15) is 44.6 Å². The lowest BCUT2D eigenvalue weighted by atomic mass is 10.1. The zero-order valence-electron chi connectivity index (χ0n) is 22.9. The molecule has 2 amide bonds. The number of carbonyl (C=O) groups excluding carboxylic acids is 2. The molecule has 42 heavy (non-hydrogen) atoms. The minimum absolute atomic E-state index is 0.0119. The van der Waals surface area contributed by atoms with Crippen molar-refractivity contribution in [2.45, 2.75) is 62.6 Å². The average molecular weight is 671 g/mol. The van der Waals surface area contributed by atoms with Gasteiger partial charge in [-0.3, -0.25) is 13.9 Å². The predicted octanol–water partition coefficient (Wildman–Crippen LogP) is 7.36. The van der Waals surface area contributed by atoms with E-state index < -0.39 is 28.5 Å². The van der Waals surface area contributed by atoms with Gasteiger partial charge in [0.25, 0.3) is 10.0 Å². The highest BCUT2D eigenvalue weighted by Crippen LogP contribution is 2.31. The second-order valence-electron chi connectivity index (χ2n) is 10.1. The van der Waals surface area contributed by atoms with Gasteiger partial charge < -0.3 is 10.2 Å². The van der Waals surface area contributed by atoms with Crippen molar-refractivity contribution in [3.05, 3.63) is 92.4 Å². The molecule has 224 valence electrons. The summed E-state index contributed by atoms with van der Waals surface area (Å²) in [4.78, 5) is 29.1. The van der Waals surface area contributed by atoms with Gasteiger partial charge in [0.05, 0.1) is 20.6 Å². The lowest BCUT2D eigenvalue weighted by Crippen LogP contribution is -2.53. The number of halogens is 4. The molecule has 3 aromatic rings. The summed E-state index contributed by atoms with van der Waals surface area (Å²) in [5, 5.41) is 4.19. The maximum Gasteiger partial charge on any atom is 0.264 e. The number of nitrogens with zero attached hydrogens (tertiary/aromatic N) is 2. The van der Waals surface area contributed by atoms with Crippen LogP contribution in [-0.2, 0) is 26.2 Å². The van der Waals surface area contributed by atoms with Crippen molar-refractivity contribution in [1.29, 1.82) is 0 Å². The van der Waals surface area contributed by atoms with Gasteiger partial charge in [-0.1, -0.05) is 90.4 Å². The molecule has 0 bridgehead atoms. The Kier molecular flexibility index (Phi) is 11.1. The zero-order valence-corrected chi connectivity index (χ0v) is 26.7. The van der Waals surface area contributed by atoms with Crippen LogP contribution >= 0.6 is 46.4 Å². The summed E-state index contributed by atoms with van der Waals surface area (Å²) in [7, 11) is -4.23. The summed E-state index contributed by atoms with van der Waals surface area (Å²) in [6.45, 7) is 1.17. The Morgan fingerprint density at radius 2 is 1.60 bits per heavy atom. The monoisotopic (exact) mass is 669 g/mol. The van der Waals surface area contributed by atoms with Crippen LogP contribution < -0.4 is 9.62 Å². The minimum atomic E-state index is -4.23. The molecule has 1 aliphatic carbocycles. The molecule has 0 spiro atoms. The van der Waals surface area contributed by atoms with E-state index in [1.165, 1.54) is 35.2 Å². The Bertz CT molecular complexity index is 1530. The first kappa shape index (κ1) is 32.4. The maximum atomic E-state index is 14.2. The highest BCUT2D eigenvalue weighted by molar-refractivity contribution is 7.92. The van der Waals surface area contributed by atoms with Gasteiger partial charge in [-0.05, 0) is 67.3 Å². The van der Waals surface area contributed by atoms with Crippen molar-refractivity contribution in [3.63, 3.8) is 0 Å². The van der Waals surface area contributed by atoms with Crippen LogP contribution in [0.25, 0.3) is 0 Å². The second-order valence-corrected chi connectivity index (χ2v) is 13.6. The first-order valence-electron chi connectivity index (χ1n) is 13.6. The molecule has 1 aliphatic rings. The van der Waals surface area contributed by atoms with Gasteiger partial charge in [0.1, 0.15) is 12.6 Å². The molecule has 1 fully saturated rings. The van der Waals surface area contributed by atoms with Crippen LogP contribution in [0.2, 0.25) is 20.1 Å². The fraction of sp³-hybridized carbons (Fsp3) is 0.333. The molecule has 12 heteroatoms. The van der Waals surface area contributed by atoms with Gasteiger partial charge in [-0.2, -0.15) is 0 Å². The van der Waals surface area contributed by atoms with Gasteiger partial charge in [-0.25, -0.2) is 8.42 Å². The third-order valence-electron chi connectivity index (χ3n) is 7.24. The zero-order chi connectivity index (χ0) is 30.4. The Balaban J connectivity index is 1.74. The van der Waals surface area contributed by atoms with E-state index in [1.807, 2.05) is 0 Å². The predicted molar refractivity (Wildman–Crippen MR) is 169 cm³/mol. The summed E-state index contributed by atoms with van der Waals surface area (Å²) >= 11 is 24.9. The number of rotatable bonds is 11. The molecule has 0 aromatic heterocycles. The van der Waals surface area contributed by atoms with Gasteiger partial charge in [0, 0.05) is 22.6 Å². The van der Waals surface area contributed by atoms with Crippen molar-refractivity contribution < 1.29 is 18.0 Å². The van der Waals surface area contributed by atoms with Crippen LogP contribution in [0.4, 0.5) is 5.69 Å². The maximum absolute atomic E-state index is 14.2. The topological polar surface area (TPSA) is 86.8 Å². The molecule has 0 radical (unpaired) electrons. The average Bonchev–Trinajstić information content (AvgIpc) is 3.47. The summed E-state index contributed by atoms with van der Waals surface area (Å²) < 4.78 is 28.8. The van der Waals surface area contributed by atoms with Gasteiger partial charge >= 0.3 is 0 Å². The minimum Gasteiger partial charge on any atom is -0.352 e. The molecule has 1 atom stereocenters. The lowest BCUT2D eigenvalue weighted by Gasteiger charge is -2.34. The first-order chi connectivity index (χ1) is 20.0. The summed E-state index contributed by atoms with van der Waals surface area (Å²) in [6, 6.07) is 16.2. The quantitative estimate of drug-likeness (QED) is 0.231. The van der Waals surface area contributed by atoms with Crippen molar-refractivity contribution >= 4 is 73.9 Å². The molecule has 7 nitrogen and oxygen atoms in total. The highest BCUT2D eigenvalue weighted by atomic mass is 35.5. The normalized spacial score (nSPS) is 14.4. The molecular weight excluding hydrogens is 640 g/mol. The number of amides is 2. The van der Waals surface area contributed by atoms with E-state index in [4.69, 9.17) is 46.4 Å². The van der Waals surface area contributed by atoms with Crippen LogP contribution in [0, 0.1) is 0 Å². The lowest BCUT2D eigenvalue weighted by molar-refractivity contribution is -0.140. The largest absolute Gasteiger partial charge is 0.352 e. The number of anilines is 1. The fourth-order valence-electron chi connectivity index (χ4n) is 5.01. The van der Waals surface area contributed by atoms with Crippen LogP contribution in [-0.4, -0.2) is 43.8 Å². The van der Waals surface area contributed by atoms with E-state index in [1.54, 1.807) is 43.3 Å². The van der Waals surface area contributed by atoms with E-state index >= 15 is 0 Å². The van der Waals surface area contributed by atoms with E-state index in [-0.39, 0.29) is 39.1 Å². The smallest absolute Gasteiger partial charge is 0.264 e. The van der Waals surface area contributed by atoms with E-state index in [0.717, 1.165) is 30.0 Å². The summed E-state index contributed by atoms with van der Waals surface area (Å²) in [5.74, 6) is -0.894. The SMILES string of the molecule is CC[C@H](C(=O)NC1CCCC1)N(Cc1ccc(Cl)cc1Cl)C(=O)CN(c1ccc(Cl)c(Cl)c1)S(=O)(=O)c1ccccc1. The number of sulfonamides is 1. The summed E-state index contributed by atoms with van der Waals surface area (Å²) in [6.07, 6.45) is 4.11. The third kappa shape index (κ3) is 7.71. The number of benzene rings is 3. The molecule has 0 aliphatic heterocycles. The molecule has 0 unspecified atom stereocenters. The molecule has 4 rings (SSSR count). The van der Waals surface area contributed by atoms with Crippen molar-refractivity contribution in [2.24, 2.45) is 0 Å². The number of carbonyl (C=O) groups is 2. The molecule has 1 N–H and O–H groups in total. The Hall–Kier alpha value is -2.49. The Morgan fingerprint density at radius 1 is 0.905 bits per heavy atom. The molecule has 1 saturated carbocycles. The number of hydrogen-bond donors (Lipinski definition) is 1. The standard InChI is InChI=1S/C30H31Cl4N3O4S/c1-2-28(30(39)35-22-8-6-7-9-22)36(18-20-12-13-21(31)16-26(20)33)29(38)19-37(23-14-15-25(32)27(34)17-23)42(40,41)24-10-4-3-5-11-24/h3-5,10-17,22,28H,2,6-9,18-19H2,1H3,(H,35,39)/t28-/m1/s1. The van der Waals surface area contributed by atoms with Crippen molar-refractivity contribution in [1.82, 2.24) is 10.2 Å². The Labute approximate surface area is 266 Å². The second kappa shape index (κ2) is 14.3. The first-order valence-corrected chi connectivity index (χ1v) is 16.5. The van der Waals surface area contributed by atoms with Gasteiger partial charge in [0.2, 0.25) is 11.8 Å². The summed E-state index contributed by atoms with van der Waals surface area (Å²) in [5.41, 5.74) is 0.711. The third-order valence-corrected chi connectivity index (χ3v) is 10.4. The van der Waals surface area contributed by atoms with Crippen LogP contribution in [0.15, 0.2) is 71.6 Å². The van der Waals surface area contributed by atoms with E-state index in [9.17, 15) is 18.0 Å². The molecular formula is C30H31Cl4N3O4S. The molecule has 0 heterocycles. The van der Waals surface area contributed by atoms with Crippen molar-refractivity contribution in [2.75, 3.05) is 10.8 Å². The van der Waals surface area contributed by atoms with E-state index in [0.29, 0.717) is 22.0 Å². The number of nitrogens with one attached hydrogen (secondary N) is 1. The van der Waals surface area contributed by atoms with Gasteiger partial charge in [0.15, 0.2) is 0 Å². The van der Waals surface area contributed by atoms with Crippen LogP contribution in [0.3, 0.4) is 0 Å². The van der Waals surface area contributed by atoms with Gasteiger partial charge in [-0.15, -0.1) is 0 Å². The molecule has 0 saturated heterocycles. The van der Waals surface area contributed by atoms with Crippen LogP contribution in [0.5, 0.6) is 0 Å². The fourth-order valence-corrected chi connectivity index (χ4v) is 7.20. The van der Waals surface area contributed by atoms with E-state index in [2.05, 4.69) is 5.32 Å². The Morgan fingerprint density at radius 3 is 2.21 bits per heavy atom. The highest BCUT2D eigenvalue weighted by Gasteiger charge is 2.35. The number of hydrogen-bond acceptors (Lipinski definition) is 4. The molecule has 3 aromatic carbocycles. The van der Waals surface area contributed by atoms with Crippen molar-refractivity contribution in [3.8, 4) is 0 Å².